The summed E-state index contributed by atoms with van der Waals surface area (Å²) in [5, 5.41) is 0.479. The molecule has 0 N–H and O–H groups in total. The maximum Gasteiger partial charge on any atom is 0.285 e. The number of methoxy groups -OCH3 is 1. The first kappa shape index (κ1) is 19.1. The van der Waals surface area contributed by atoms with Gasteiger partial charge >= 0.3 is 0 Å². The van der Waals surface area contributed by atoms with Gasteiger partial charge in [0, 0.05) is 18.7 Å². The van der Waals surface area contributed by atoms with E-state index in [4.69, 9.17) is 16.3 Å². The van der Waals surface area contributed by atoms with Crippen LogP contribution in [-0.4, -0.2) is 26.7 Å². The number of halogens is 1. The highest BCUT2D eigenvalue weighted by atomic mass is 35.5. The monoisotopic (exact) mass is 410 g/mol. The number of aromatic nitrogens is 1. The molecule has 26 heavy (non-hydrogen) atoms. The summed E-state index contributed by atoms with van der Waals surface area (Å²) in [6.07, 6.45) is 0. The van der Waals surface area contributed by atoms with E-state index in [-0.39, 0.29) is 4.90 Å². The zero-order valence-electron chi connectivity index (χ0n) is 14.7. The minimum Gasteiger partial charge on any atom is -0.383 e. The number of benzene rings is 2. The molecule has 3 aromatic rings. The van der Waals surface area contributed by atoms with Crippen LogP contribution in [0.25, 0.3) is 10.2 Å². The predicted octanol–water partition coefficient (Wildman–Crippen LogP) is 3.91. The van der Waals surface area contributed by atoms with E-state index in [1.165, 1.54) is 23.5 Å². The Labute approximate surface area is 161 Å². The van der Waals surface area contributed by atoms with Crippen LogP contribution < -0.4 is 4.80 Å². The standard InChI is InChI=1S/C18H19ClN2O3S2/c1-12-10-16-17(11-13(12)2)25-18(21(16)8-9-24-3)20-26(22,23)15-6-4-14(19)5-7-15/h4-7,10-11H,8-9H2,1-3H3. The highest BCUT2D eigenvalue weighted by molar-refractivity contribution is 7.90. The van der Waals surface area contributed by atoms with Crippen molar-refractivity contribution < 1.29 is 13.2 Å². The molecule has 0 aliphatic carbocycles. The lowest BCUT2D eigenvalue weighted by Crippen LogP contribution is -2.19. The van der Waals surface area contributed by atoms with Gasteiger partial charge in [0.05, 0.1) is 21.7 Å². The van der Waals surface area contributed by atoms with Crippen molar-refractivity contribution in [3.8, 4) is 0 Å². The maximum absolute atomic E-state index is 12.7. The molecule has 0 atom stereocenters. The summed E-state index contributed by atoms with van der Waals surface area (Å²) in [4.78, 5) is 0.544. The van der Waals surface area contributed by atoms with E-state index in [0.717, 1.165) is 21.3 Å². The average molecular weight is 411 g/mol. The third-order valence-electron chi connectivity index (χ3n) is 4.13. The topological polar surface area (TPSA) is 60.7 Å². The summed E-state index contributed by atoms with van der Waals surface area (Å²) in [6.45, 7) is 5.06. The zero-order chi connectivity index (χ0) is 18.9. The van der Waals surface area contributed by atoms with Gasteiger partial charge in [-0.2, -0.15) is 8.42 Å². The highest BCUT2D eigenvalue weighted by Crippen LogP contribution is 2.23. The van der Waals surface area contributed by atoms with Gasteiger partial charge in [0.1, 0.15) is 0 Å². The molecule has 1 heterocycles. The van der Waals surface area contributed by atoms with Gasteiger partial charge in [-0.15, -0.1) is 4.40 Å². The predicted molar refractivity (Wildman–Crippen MR) is 105 cm³/mol. The zero-order valence-corrected chi connectivity index (χ0v) is 17.1. The van der Waals surface area contributed by atoms with E-state index in [2.05, 4.69) is 16.5 Å². The van der Waals surface area contributed by atoms with Gasteiger partial charge < -0.3 is 9.30 Å². The van der Waals surface area contributed by atoms with Gasteiger partial charge in [-0.05, 0) is 61.4 Å². The van der Waals surface area contributed by atoms with Crippen molar-refractivity contribution in [2.24, 2.45) is 4.40 Å². The molecule has 0 fully saturated rings. The van der Waals surface area contributed by atoms with Gasteiger partial charge in [0.2, 0.25) is 4.80 Å². The third-order valence-corrected chi connectivity index (χ3v) is 6.82. The van der Waals surface area contributed by atoms with Crippen LogP contribution in [0.4, 0.5) is 0 Å². The summed E-state index contributed by atoms with van der Waals surface area (Å²) in [6, 6.07) is 10.1. The normalized spacial score (nSPS) is 12.8. The van der Waals surface area contributed by atoms with Gasteiger partial charge in [-0.3, -0.25) is 0 Å². The fourth-order valence-electron chi connectivity index (χ4n) is 2.55. The van der Waals surface area contributed by atoms with Crippen molar-refractivity contribution in [2.75, 3.05) is 13.7 Å². The first-order chi connectivity index (χ1) is 12.3. The number of rotatable bonds is 5. The molecule has 0 amide bonds. The number of hydrogen-bond acceptors (Lipinski definition) is 4. The second kappa shape index (κ2) is 7.52. The Morgan fingerprint density at radius 2 is 1.81 bits per heavy atom. The summed E-state index contributed by atoms with van der Waals surface area (Å²) >= 11 is 7.20. The van der Waals surface area contributed by atoms with Crippen LogP contribution in [0.5, 0.6) is 0 Å². The van der Waals surface area contributed by atoms with E-state index in [9.17, 15) is 8.42 Å². The largest absolute Gasteiger partial charge is 0.383 e. The Balaban J connectivity index is 2.22. The van der Waals surface area contributed by atoms with Crippen LogP contribution >= 0.6 is 22.9 Å². The molecule has 0 radical (unpaired) electrons. The number of thiazole rings is 1. The Hall–Kier alpha value is -1.67. The van der Waals surface area contributed by atoms with Crippen LogP contribution in [0.3, 0.4) is 0 Å². The maximum atomic E-state index is 12.7. The Morgan fingerprint density at radius 3 is 2.46 bits per heavy atom. The van der Waals surface area contributed by atoms with Crippen LogP contribution in [0.15, 0.2) is 45.7 Å². The van der Waals surface area contributed by atoms with Crippen molar-refractivity contribution in [1.82, 2.24) is 4.57 Å². The van der Waals surface area contributed by atoms with Crippen molar-refractivity contribution in [3.05, 3.63) is 57.3 Å². The van der Waals surface area contributed by atoms with Gasteiger partial charge in [-0.1, -0.05) is 22.9 Å². The van der Waals surface area contributed by atoms with Crippen molar-refractivity contribution >= 4 is 43.2 Å². The molecule has 0 saturated heterocycles. The average Bonchev–Trinajstić information content (AvgIpc) is 2.89. The van der Waals surface area contributed by atoms with E-state index < -0.39 is 10.0 Å². The summed E-state index contributed by atoms with van der Waals surface area (Å²) in [5.74, 6) is 0. The van der Waals surface area contributed by atoms with E-state index in [0.29, 0.717) is 23.0 Å². The quantitative estimate of drug-likeness (QED) is 0.640. The summed E-state index contributed by atoms with van der Waals surface area (Å²) in [7, 11) is -2.21. The number of aryl methyl sites for hydroxylation is 2. The minimum atomic E-state index is -3.83. The molecular weight excluding hydrogens is 392 g/mol. The molecule has 0 saturated carbocycles. The van der Waals surface area contributed by atoms with E-state index in [1.807, 2.05) is 18.4 Å². The molecule has 8 heteroatoms. The number of ether oxygens (including phenoxy) is 1. The highest BCUT2D eigenvalue weighted by Gasteiger charge is 2.15. The van der Waals surface area contributed by atoms with Crippen molar-refractivity contribution in [2.45, 2.75) is 25.3 Å². The number of fused-ring (bicyclic) bond motifs is 1. The van der Waals surface area contributed by atoms with Crippen molar-refractivity contribution in [3.63, 3.8) is 0 Å². The van der Waals surface area contributed by atoms with E-state index in [1.54, 1.807) is 19.2 Å². The smallest absolute Gasteiger partial charge is 0.285 e. The Morgan fingerprint density at radius 1 is 1.15 bits per heavy atom. The van der Waals surface area contributed by atoms with Gasteiger partial charge in [0.15, 0.2) is 0 Å². The molecule has 0 aliphatic rings. The number of sulfonamides is 1. The molecule has 2 aromatic carbocycles. The Bertz CT molecular complexity index is 1110. The molecule has 5 nitrogen and oxygen atoms in total. The molecule has 0 aliphatic heterocycles. The second-order valence-electron chi connectivity index (χ2n) is 5.95. The lowest BCUT2D eigenvalue weighted by molar-refractivity contribution is 0.187. The SMILES string of the molecule is COCCn1c(=NS(=O)(=O)c2ccc(Cl)cc2)sc2cc(C)c(C)cc21. The fourth-order valence-corrected chi connectivity index (χ4v) is 5.02. The molecule has 0 bridgehead atoms. The van der Waals surface area contributed by atoms with E-state index >= 15 is 0 Å². The Kier molecular flexibility index (Phi) is 5.53. The van der Waals surface area contributed by atoms with Gasteiger partial charge in [0.25, 0.3) is 10.0 Å². The lowest BCUT2D eigenvalue weighted by Gasteiger charge is -2.06. The van der Waals surface area contributed by atoms with Crippen LogP contribution in [0.1, 0.15) is 11.1 Å². The number of hydrogen-bond donors (Lipinski definition) is 0. The number of nitrogens with zero attached hydrogens (tertiary/aromatic N) is 2. The van der Waals surface area contributed by atoms with Crippen LogP contribution in [0, 0.1) is 13.8 Å². The molecule has 3 rings (SSSR count). The molecule has 138 valence electrons. The molecule has 1 aromatic heterocycles. The molecular formula is C18H19ClN2O3S2. The first-order valence-electron chi connectivity index (χ1n) is 7.98. The molecule has 0 unspecified atom stereocenters. The summed E-state index contributed by atoms with van der Waals surface area (Å²) in [5.41, 5.74) is 3.26. The second-order valence-corrected chi connectivity index (χ2v) is 9.00. The molecule has 0 spiro atoms. The van der Waals surface area contributed by atoms with Gasteiger partial charge in [-0.25, -0.2) is 0 Å². The minimum absolute atomic E-state index is 0.116. The lowest BCUT2D eigenvalue weighted by atomic mass is 10.1. The fraction of sp³-hybridized carbons (Fsp3) is 0.278. The van der Waals surface area contributed by atoms with Crippen LogP contribution in [-0.2, 0) is 21.3 Å². The third kappa shape index (κ3) is 3.86. The first-order valence-corrected chi connectivity index (χ1v) is 10.6. The van der Waals surface area contributed by atoms with Crippen LogP contribution in [0.2, 0.25) is 5.02 Å². The summed E-state index contributed by atoms with van der Waals surface area (Å²) < 4.78 is 37.6. The van der Waals surface area contributed by atoms with Crippen molar-refractivity contribution in [1.29, 1.82) is 0 Å².